The monoisotopic (exact) mass is 410 g/mol. The predicted molar refractivity (Wildman–Crippen MR) is 110 cm³/mol. The Morgan fingerprint density at radius 2 is 1.83 bits per heavy atom. The minimum atomic E-state index is -2.52. The second-order valence-corrected chi connectivity index (χ2v) is 6.55. The summed E-state index contributed by atoms with van der Waals surface area (Å²) in [5.74, 6) is 1.12. The number of alkyl halides is 2. The van der Waals surface area contributed by atoms with Crippen molar-refractivity contribution in [2.75, 3.05) is 13.7 Å². The third-order valence-corrected chi connectivity index (χ3v) is 4.61. The maximum absolute atomic E-state index is 13.0. The smallest absolute Gasteiger partial charge is 0.257 e. The van der Waals surface area contributed by atoms with Gasteiger partial charge in [-0.15, -0.1) is 0 Å². The van der Waals surface area contributed by atoms with Crippen LogP contribution in [0.1, 0.15) is 6.92 Å². The van der Waals surface area contributed by atoms with Crippen LogP contribution < -0.4 is 9.47 Å². The number of halogens is 2. The summed E-state index contributed by atoms with van der Waals surface area (Å²) in [6.07, 6.45) is 0.524. The van der Waals surface area contributed by atoms with Gasteiger partial charge in [-0.3, -0.25) is 4.68 Å². The number of ether oxygens (including phenoxy) is 2. The van der Waals surface area contributed by atoms with E-state index in [1.807, 2.05) is 37.3 Å². The van der Waals surface area contributed by atoms with Crippen LogP contribution >= 0.6 is 0 Å². The number of fused-ring (bicyclic) bond motifs is 1. The third-order valence-electron chi connectivity index (χ3n) is 4.61. The van der Waals surface area contributed by atoms with Crippen molar-refractivity contribution in [1.29, 1.82) is 0 Å². The SMILES string of the molecule is CCOc1cc2ncnc(-c3cn(CC(F)F)nc3-c3ccccc3)c2cc1OC. The van der Waals surface area contributed by atoms with Gasteiger partial charge in [0.2, 0.25) is 0 Å². The van der Waals surface area contributed by atoms with Crippen molar-refractivity contribution in [3.05, 3.63) is 55.0 Å². The van der Waals surface area contributed by atoms with Crippen molar-refractivity contribution in [3.63, 3.8) is 0 Å². The zero-order valence-electron chi connectivity index (χ0n) is 16.5. The lowest BCUT2D eigenvalue weighted by Crippen LogP contribution is -2.06. The molecule has 0 saturated heterocycles. The van der Waals surface area contributed by atoms with E-state index in [4.69, 9.17) is 9.47 Å². The Morgan fingerprint density at radius 3 is 2.53 bits per heavy atom. The fourth-order valence-corrected chi connectivity index (χ4v) is 3.35. The fraction of sp³-hybridized carbons (Fsp3) is 0.227. The first-order chi connectivity index (χ1) is 14.6. The topological polar surface area (TPSA) is 62.1 Å². The molecule has 0 bridgehead atoms. The molecule has 6 nitrogen and oxygen atoms in total. The fourth-order valence-electron chi connectivity index (χ4n) is 3.35. The second-order valence-electron chi connectivity index (χ2n) is 6.55. The van der Waals surface area contributed by atoms with Gasteiger partial charge in [-0.2, -0.15) is 5.10 Å². The van der Waals surface area contributed by atoms with E-state index in [1.54, 1.807) is 25.4 Å². The standard InChI is InChI=1S/C22H20F2N4O2/c1-3-30-19-10-17-15(9-18(19)29-2)22(26-13-25-17)16-11-28(12-20(23)24)27-21(16)14-7-5-4-6-8-14/h4-11,13,20H,3,12H2,1-2H3. The highest BCUT2D eigenvalue weighted by Gasteiger charge is 2.20. The first-order valence-electron chi connectivity index (χ1n) is 9.47. The minimum Gasteiger partial charge on any atom is -0.493 e. The summed E-state index contributed by atoms with van der Waals surface area (Å²) < 4.78 is 38.4. The molecule has 2 aromatic carbocycles. The van der Waals surface area contributed by atoms with Crippen LogP contribution in [0.5, 0.6) is 11.5 Å². The lowest BCUT2D eigenvalue weighted by Gasteiger charge is -2.12. The lowest BCUT2D eigenvalue weighted by atomic mass is 10.0. The lowest BCUT2D eigenvalue weighted by molar-refractivity contribution is 0.122. The molecule has 8 heteroatoms. The maximum Gasteiger partial charge on any atom is 0.257 e. The summed E-state index contributed by atoms with van der Waals surface area (Å²) in [6, 6.07) is 13.0. The summed E-state index contributed by atoms with van der Waals surface area (Å²) in [6.45, 7) is 1.87. The van der Waals surface area contributed by atoms with Gasteiger partial charge in [0.05, 0.1) is 24.9 Å². The minimum absolute atomic E-state index is 0.484. The molecule has 2 aromatic heterocycles. The van der Waals surface area contributed by atoms with E-state index in [0.717, 1.165) is 5.56 Å². The van der Waals surface area contributed by atoms with Gasteiger partial charge < -0.3 is 9.47 Å². The average molecular weight is 410 g/mol. The number of hydrogen-bond acceptors (Lipinski definition) is 5. The number of benzene rings is 2. The van der Waals surface area contributed by atoms with Crippen LogP contribution in [-0.2, 0) is 6.54 Å². The zero-order valence-corrected chi connectivity index (χ0v) is 16.5. The van der Waals surface area contributed by atoms with Gasteiger partial charge in [-0.25, -0.2) is 18.7 Å². The van der Waals surface area contributed by atoms with Crippen molar-refractivity contribution >= 4 is 10.9 Å². The Balaban J connectivity index is 1.94. The summed E-state index contributed by atoms with van der Waals surface area (Å²) in [4.78, 5) is 8.81. The molecule has 0 radical (unpaired) electrons. The normalized spacial score (nSPS) is 11.2. The van der Waals surface area contributed by atoms with Crippen LogP contribution in [-0.4, -0.2) is 39.9 Å². The molecule has 0 saturated carbocycles. The molecule has 30 heavy (non-hydrogen) atoms. The molecular formula is C22H20F2N4O2. The number of aromatic nitrogens is 4. The molecule has 4 aromatic rings. The van der Waals surface area contributed by atoms with Gasteiger partial charge in [0, 0.05) is 28.8 Å². The molecule has 0 fully saturated rings. The first kappa shape index (κ1) is 19.8. The van der Waals surface area contributed by atoms with Gasteiger partial charge in [0.25, 0.3) is 6.43 Å². The molecule has 0 spiro atoms. The predicted octanol–water partition coefficient (Wildman–Crippen LogP) is 4.83. The maximum atomic E-state index is 13.0. The van der Waals surface area contributed by atoms with Crippen LogP contribution in [0.15, 0.2) is 55.0 Å². The van der Waals surface area contributed by atoms with Crippen LogP contribution in [0.25, 0.3) is 33.4 Å². The third kappa shape index (κ3) is 3.80. The Hall–Kier alpha value is -3.55. The van der Waals surface area contributed by atoms with Gasteiger partial charge in [-0.05, 0) is 13.0 Å². The summed E-state index contributed by atoms with van der Waals surface area (Å²) in [5.41, 5.74) is 3.26. The van der Waals surface area contributed by atoms with E-state index in [-0.39, 0.29) is 0 Å². The van der Waals surface area contributed by atoms with Gasteiger partial charge >= 0.3 is 0 Å². The molecular weight excluding hydrogens is 390 g/mol. The number of hydrogen-bond donors (Lipinski definition) is 0. The highest BCUT2D eigenvalue weighted by molar-refractivity contribution is 5.97. The molecule has 0 unspecified atom stereocenters. The Morgan fingerprint density at radius 1 is 1.03 bits per heavy atom. The van der Waals surface area contributed by atoms with Gasteiger partial charge in [0.1, 0.15) is 18.6 Å². The van der Waals surface area contributed by atoms with Crippen molar-refractivity contribution in [2.45, 2.75) is 19.9 Å². The van der Waals surface area contributed by atoms with Crippen molar-refractivity contribution in [3.8, 4) is 34.0 Å². The van der Waals surface area contributed by atoms with E-state index in [2.05, 4.69) is 15.1 Å². The van der Waals surface area contributed by atoms with E-state index in [0.29, 0.717) is 46.0 Å². The zero-order chi connectivity index (χ0) is 21.1. The Kier molecular flexibility index (Phi) is 5.56. The van der Waals surface area contributed by atoms with Crippen molar-refractivity contribution in [2.24, 2.45) is 0 Å². The second kappa shape index (κ2) is 8.44. The molecule has 4 rings (SSSR count). The van der Waals surface area contributed by atoms with E-state index in [1.165, 1.54) is 11.0 Å². The average Bonchev–Trinajstić information content (AvgIpc) is 3.16. The molecule has 0 N–H and O–H groups in total. The largest absolute Gasteiger partial charge is 0.493 e. The summed E-state index contributed by atoms with van der Waals surface area (Å²) >= 11 is 0. The van der Waals surface area contributed by atoms with Crippen LogP contribution in [0, 0.1) is 0 Å². The van der Waals surface area contributed by atoms with Crippen molar-refractivity contribution < 1.29 is 18.3 Å². The molecule has 154 valence electrons. The van der Waals surface area contributed by atoms with Gasteiger partial charge in [-0.1, -0.05) is 30.3 Å². The molecule has 0 aliphatic heterocycles. The Labute approximate surface area is 172 Å². The quantitative estimate of drug-likeness (QED) is 0.437. The van der Waals surface area contributed by atoms with Crippen LogP contribution in [0.3, 0.4) is 0 Å². The van der Waals surface area contributed by atoms with Crippen molar-refractivity contribution in [1.82, 2.24) is 19.7 Å². The number of rotatable bonds is 7. The summed E-state index contributed by atoms with van der Waals surface area (Å²) in [7, 11) is 1.56. The molecule has 0 aliphatic rings. The van der Waals surface area contributed by atoms with E-state index < -0.39 is 13.0 Å². The van der Waals surface area contributed by atoms with Crippen LogP contribution in [0.2, 0.25) is 0 Å². The molecule has 0 amide bonds. The van der Waals surface area contributed by atoms with Crippen LogP contribution in [0.4, 0.5) is 8.78 Å². The molecule has 0 aliphatic carbocycles. The van der Waals surface area contributed by atoms with E-state index in [9.17, 15) is 8.78 Å². The number of methoxy groups -OCH3 is 1. The van der Waals surface area contributed by atoms with Gasteiger partial charge in [0.15, 0.2) is 11.5 Å². The van der Waals surface area contributed by atoms with E-state index >= 15 is 0 Å². The number of nitrogens with zero attached hydrogens (tertiary/aromatic N) is 4. The first-order valence-corrected chi connectivity index (χ1v) is 9.47. The molecule has 2 heterocycles. The highest BCUT2D eigenvalue weighted by atomic mass is 19.3. The highest BCUT2D eigenvalue weighted by Crippen LogP contribution is 2.38. The Bertz CT molecular complexity index is 1160. The summed E-state index contributed by atoms with van der Waals surface area (Å²) in [5, 5.41) is 5.13. The molecule has 0 atom stereocenters.